The van der Waals surface area contributed by atoms with E-state index in [0.717, 1.165) is 64.2 Å². The molecule has 3 rings (SSSR count). The highest BCUT2D eigenvalue weighted by Crippen LogP contribution is 2.31. The van der Waals surface area contributed by atoms with Gasteiger partial charge < -0.3 is 15.0 Å². The number of carbonyl (C=O) groups excluding carboxylic acids is 1. The van der Waals surface area contributed by atoms with Crippen molar-refractivity contribution in [1.82, 2.24) is 15.1 Å². The molecule has 5 nitrogen and oxygen atoms in total. The summed E-state index contributed by atoms with van der Waals surface area (Å²) in [6.45, 7) is 7.48. The number of carbonyl (C=O) groups is 1. The molecular formula is C20H31N3O2. The number of ether oxygens (including phenoxy) is 1. The van der Waals surface area contributed by atoms with Crippen LogP contribution in [0.5, 0.6) is 5.75 Å². The highest BCUT2D eigenvalue weighted by atomic mass is 16.5. The van der Waals surface area contributed by atoms with Crippen LogP contribution in [0.2, 0.25) is 0 Å². The van der Waals surface area contributed by atoms with Crippen LogP contribution in [-0.4, -0.2) is 68.1 Å². The van der Waals surface area contributed by atoms with E-state index in [0.29, 0.717) is 18.5 Å². The number of nitrogens with zero attached hydrogens (tertiary/aromatic N) is 2. The SMILES string of the molecule is CCCN(C(=O)CN1CCNCC1)[C@H]1CCc2c(cccc2OC)C1. The lowest BCUT2D eigenvalue weighted by Gasteiger charge is -2.37. The van der Waals surface area contributed by atoms with Gasteiger partial charge in [-0.2, -0.15) is 0 Å². The van der Waals surface area contributed by atoms with Crippen molar-refractivity contribution in [2.75, 3.05) is 46.4 Å². The molecule has 1 aliphatic carbocycles. The van der Waals surface area contributed by atoms with Crippen LogP contribution in [0.3, 0.4) is 0 Å². The van der Waals surface area contributed by atoms with Gasteiger partial charge in [0.25, 0.3) is 0 Å². The lowest BCUT2D eigenvalue weighted by Crippen LogP contribution is -2.51. The first-order chi connectivity index (χ1) is 12.2. The quantitative estimate of drug-likeness (QED) is 0.852. The molecule has 2 aliphatic rings. The van der Waals surface area contributed by atoms with Gasteiger partial charge in [0, 0.05) is 38.8 Å². The molecule has 1 heterocycles. The van der Waals surface area contributed by atoms with E-state index < -0.39 is 0 Å². The van der Waals surface area contributed by atoms with Crippen molar-refractivity contribution >= 4 is 5.91 Å². The van der Waals surface area contributed by atoms with Crippen molar-refractivity contribution in [2.24, 2.45) is 0 Å². The zero-order chi connectivity index (χ0) is 17.6. The van der Waals surface area contributed by atoms with Crippen LogP contribution >= 0.6 is 0 Å². The first kappa shape index (κ1) is 18.2. The average Bonchev–Trinajstić information content (AvgIpc) is 2.65. The van der Waals surface area contributed by atoms with Crippen LogP contribution in [0.1, 0.15) is 30.9 Å². The number of nitrogens with one attached hydrogen (secondary N) is 1. The van der Waals surface area contributed by atoms with Gasteiger partial charge in [-0.05, 0) is 42.9 Å². The predicted molar refractivity (Wildman–Crippen MR) is 100 cm³/mol. The van der Waals surface area contributed by atoms with E-state index >= 15 is 0 Å². The summed E-state index contributed by atoms with van der Waals surface area (Å²) in [6, 6.07) is 6.61. The van der Waals surface area contributed by atoms with E-state index in [1.165, 1.54) is 11.1 Å². The minimum Gasteiger partial charge on any atom is -0.496 e. The highest BCUT2D eigenvalue weighted by Gasteiger charge is 2.29. The Morgan fingerprint density at radius 1 is 1.36 bits per heavy atom. The molecule has 5 heteroatoms. The third kappa shape index (κ3) is 4.33. The summed E-state index contributed by atoms with van der Waals surface area (Å²) < 4.78 is 5.51. The second-order valence-electron chi connectivity index (χ2n) is 7.11. The fourth-order valence-corrected chi connectivity index (χ4v) is 4.11. The van der Waals surface area contributed by atoms with Crippen LogP contribution in [0.25, 0.3) is 0 Å². The minimum absolute atomic E-state index is 0.292. The fraction of sp³-hybridized carbons (Fsp3) is 0.650. The Hall–Kier alpha value is -1.59. The van der Waals surface area contributed by atoms with Crippen LogP contribution in [0.15, 0.2) is 18.2 Å². The van der Waals surface area contributed by atoms with Gasteiger partial charge in [0.15, 0.2) is 0 Å². The number of hydrogen-bond acceptors (Lipinski definition) is 4. The third-order valence-corrected chi connectivity index (χ3v) is 5.43. The molecule has 1 aliphatic heterocycles. The number of hydrogen-bond donors (Lipinski definition) is 1. The van der Waals surface area contributed by atoms with Crippen molar-refractivity contribution < 1.29 is 9.53 Å². The molecule has 1 fully saturated rings. The standard InChI is InChI=1S/C20H31N3O2/c1-3-11-23(20(24)15-22-12-9-21-10-13-22)17-7-8-18-16(14-17)5-4-6-19(18)25-2/h4-6,17,21H,3,7-15H2,1-2H3/t17-/m0/s1. The molecule has 1 amide bonds. The van der Waals surface area contributed by atoms with Gasteiger partial charge in [0.1, 0.15) is 5.75 Å². The van der Waals surface area contributed by atoms with E-state index in [4.69, 9.17) is 4.74 Å². The van der Waals surface area contributed by atoms with Crippen LogP contribution in [0, 0.1) is 0 Å². The predicted octanol–water partition coefficient (Wildman–Crippen LogP) is 1.70. The molecule has 138 valence electrons. The van der Waals surface area contributed by atoms with Crippen molar-refractivity contribution in [1.29, 1.82) is 0 Å². The first-order valence-corrected chi connectivity index (χ1v) is 9.60. The largest absolute Gasteiger partial charge is 0.496 e. The van der Waals surface area contributed by atoms with E-state index in [-0.39, 0.29) is 0 Å². The monoisotopic (exact) mass is 345 g/mol. The van der Waals surface area contributed by atoms with Crippen molar-refractivity contribution in [3.8, 4) is 5.75 Å². The first-order valence-electron chi connectivity index (χ1n) is 9.60. The molecule has 1 N–H and O–H groups in total. The molecule has 0 saturated carbocycles. The third-order valence-electron chi connectivity index (χ3n) is 5.43. The molecule has 0 bridgehead atoms. The minimum atomic E-state index is 0.292. The van der Waals surface area contributed by atoms with Crippen molar-refractivity contribution in [3.63, 3.8) is 0 Å². The zero-order valence-corrected chi connectivity index (χ0v) is 15.6. The Morgan fingerprint density at radius 3 is 2.88 bits per heavy atom. The maximum Gasteiger partial charge on any atom is 0.237 e. The van der Waals surface area contributed by atoms with Crippen molar-refractivity contribution in [2.45, 2.75) is 38.6 Å². The maximum atomic E-state index is 13.0. The lowest BCUT2D eigenvalue weighted by molar-refractivity contribution is -0.135. The van der Waals surface area contributed by atoms with E-state index in [9.17, 15) is 4.79 Å². The number of rotatable bonds is 6. The normalized spacial score (nSPS) is 20.8. The van der Waals surface area contributed by atoms with E-state index in [2.05, 4.69) is 34.2 Å². The Kier molecular flexibility index (Phi) is 6.32. The van der Waals surface area contributed by atoms with Gasteiger partial charge in [-0.1, -0.05) is 19.1 Å². The van der Waals surface area contributed by atoms with Crippen molar-refractivity contribution in [3.05, 3.63) is 29.3 Å². The Balaban J connectivity index is 1.69. The lowest BCUT2D eigenvalue weighted by atomic mass is 9.86. The Morgan fingerprint density at radius 2 is 2.16 bits per heavy atom. The molecule has 0 spiro atoms. The number of piperazine rings is 1. The summed E-state index contributed by atoms with van der Waals surface area (Å²) in [5.41, 5.74) is 2.67. The summed E-state index contributed by atoms with van der Waals surface area (Å²) in [4.78, 5) is 17.4. The van der Waals surface area contributed by atoms with Crippen LogP contribution in [-0.2, 0) is 17.6 Å². The summed E-state index contributed by atoms with van der Waals surface area (Å²) in [7, 11) is 1.74. The van der Waals surface area contributed by atoms with Gasteiger partial charge >= 0.3 is 0 Å². The van der Waals surface area contributed by atoms with Gasteiger partial charge in [0.05, 0.1) is 13.7 Å². The van der Waals surface area contributed by atoms with Gasteiger partial charge in [-0.3, -0.25) is 9.69 Å². The fourth-order valence-electron chi connectivity index (χ4n) is 4.11. The zero-order valence-electron chi connectivity index (χ0n) is 15.6. The number of methoxy groups -OCH3 is 1. The van der Waals surface area contributed by atoms with E-state index in [1.807, 2.05) is 6.07 Å². The Labute approximate surface area is 151 Å². The molecule has 1 atom stereocenters. The summed E-state index contributed by atoms with van der Waals surface area (Å²) >= 11 is 0. The smallest absolute Gasteiger partial charge is 0.237 e. The van der Waals surface area contributed by atoms with E-state index in [1.54, 1.807) is 7.11 Å². The number of benzene rings is 1. The average molecular weight is 345 g/mol. The summed E-state index contributed by atoms with van der Waals surface area (Å²) in [5.74, 6) is 1.28. The maximum absolute atomic E-state index is 13.0. The molecule has 0 unspecified atom stereocenters. The van der Waals surface area contributed by atoms with Gasteiger partial charge in [-0.25, -0.2) is 0 Å². The second-order valence-corrected chi connectivity index (χ2v) is 7.11. The molecule has 1 saturated heterocycles. The second kappa shape index (κ2) is 8.68. The Bertz CT molecular complexity index is 584. The number of fused-ring (bicyclic) bond motifs is 1. The molecule has 25 heavy (non-hydrogen) atoms. The molecule has 0 radical (unpaired) electrons. The molecule has 1 aromatic carbocycles. The topological polar surface area (TPSA) is 44.8 Å². The van der Waals surface area contributed by atoms with Crippen LogP contribution < -0.4 is 10.1 Å². The van der Waals surface area contributed by atoms with Crippen LogP contribution in [0.4, 0.5) is 0 Å². The summed E-state index contributed by atoms with van der Waals surface area (Å²) in [5, 5.41) is 3.35. The molecular weight excluding hydrogens is 314 g/mol. The van der Waals surface area contributed by atoms with Gasteiger partial charge in [-0.15, -0.1) is 0 Å². The van der Waals surface area contributed by atoms with Gasteiger partial charge in [0.2, 0.25) is 5.91 Å². The number of amides is 1. The molecule has 0 aromatic heterocycles. The highest BCUT2D eigenvalue weighted by molar-refractivity contribution is 5.78. The molecule has 1 aromatic rings. The summed E-state index contributed by atoms with van der Waals surface area (Å²) in [6.07, 6.45) is 3.97.